The Balaban J connectivity index is 2.23. The first-order valence-corrected chi connectivity index (χ1v) is 5.88. The Hall–Kier alpha value is -1.49. The van der Waals surface area contributed by atoms with Crippen molar-refractivity contribution in [1.29, 1.82) is 0 Å². The lowest BCUT2D eigenvalue weighted by atomic mass is 10.00. The molecular formula is C13H13ClFN3. The minimum Gasteiger partial charge on any atom is -0.271 e. The van der Waals surface area contributed by atoms with Crippen LogP contribution in [0, 0.1) is 5.82 Å². The molecule has 0 aliphatic rings. The molecule has 0 aliphatic heterocycles. The summed E-state index contributed by atoms with van der Waals surface area (Å²) in [7, 11) is 0. The molecule has 0 amide bonds. The molecule has 5 heteroatoms. The number of rotatable bonds is 4. The van der Waals surface area contributed by atoms with Gasteiger partial charge in [-0.05, 0) is 30.2 Å². The van der Waals surface area contributed by atoms with Gasteiger partial charge in [0.25, 0.3) is 0 Å². The highest BCUT2D eigenvalue weighted by Crippen LogP contribution is 2.23. The quantitative estimate of drug-likeness (QED) is 0.660. The maximum atomic E-state index is 13.8. The molecule has 1 aromatic carbocycles. The standard InChI is InChI=1S/C13H13ClFN3/c14-10-3-4-11(12(15)7-10)13(18-16)6-9-2-1-5-17-8-9/h1-5,7-8,13,18H,6,16H2. The van der Waals surface area contributed by atoms with Gasteiger partial charge in [0.2, 0.25) is 0 Å². The normalized spacial score (nSPS) is 12.4. The van der Waals surface area contributed by atoms with Gasteiger partial charge in [0, 0.05) is 23.0 Å². The molecule has 3 nitrogen and oxygen atoms in total. The largest absolute Gasteiger partial charge is 0.271 e. The van der Waals surface area contributed by atoms with E-state index in [2.05, 4.69) is 10.4 Å². The first-order chi connectivity index (χ1) is 8.70. The van der Waals surface area contributed by atoms with Crippen molar-refractivity contribution in [3.8, 4) is 0 Å². The van der Waals surface area contributed by atoms with Crippen LogP contribution in [0.5, 0.6) is 0 Å². The van der Waals surface area contributed by atoms with Gasteiger partial charge in [-0.3, -0.25) is 16.3 Å². The minimum absolute atomic E-state index is 0.313. The predicted octanol–water partition coefficient (Wildman–Crippen LogP) is 2.62. The van der Waals surface area contributed by atoms with Crippen LogP contribution in [0.15, 0.2) is 42.7 Å². The van der Waals surface area contributed by atoms with Gasteiger partial charge in [-0.1, -0.05) is 23.7 Å². The van der Waals surface area contributed by atoms with Crippen LogP contribution in [0.4, 0.5) is 4.39 Å². The van der Waals surface area contributed by atoms with Crippen LogP contribution in [0.3, 0.4) is 0 Å². The third-order valence-electron chi connectivity index (χ3n) is 2.70. The minimum atomic E-state index is -0.366. The number of benzene rings is 1. The summed E-state index contributed by atoms with van der Waals surface area (Å²) < 4.78 is 13.8. The van der Waals surface area contributed by atoms with Gasteiger partial charge in [-0.15, -0.1) is 0 Å². The Bertz CT molecular complexity index is 519. The Morgan fingerprint density at radius 2 is 2.22 bits per heavy atom. The summed E-state index contributed by atoms with van der Waals surface area (Å²) in [5, 5.41) is 0.369. The van der Waals surface area contributed by atoms with Crippen molar-refractivity contribution < 1.29 is 4.39 Å². The van der Waals surface area contributed by atoms with E-state index in [1.807, 2.05) is 12.1 Å². The molecule has 0 saturated carbocycles. The van der Waals surface area contributed by atoms with Gasteiger partial charge in [-0.2, -0.15) is 0 Å². The smallest absolute Gasteiger partial charge is 0.129 e. The lowest BCUT2D eigenvalue weighted by molar-refractivity contribution is 0.510. The molecule has 1 aromatic heterocycles. The van der Waals surface area contributed by atoms with E-state index in [0.717, 1.165) is 5.56 Å². The van der Waals surface area contributed by atoms with Gasteiger partial charge < -0.3 is 0 Å². The lowest BCUT2D eigenvalue weighted by Gasteiger charge is -2.17. The third-order valence-corrected chi connectivity index (χ3v) is 2.94. The SMILES string of the molecule is NNC(Cc1cccnc1)c1ccc(Cl)cc1F. The topological polar surface area (TPSA) is 50.9 Å². The Morgan fingerprint density at radius 3 is 2.83 bits per heavy atom. The summed E-state index contributed by atoms with van der Waals surface area (Å²) in [4.78, 5) is 4.02. The molecule has 0 saturated heterocycles. The molecule has 2 rings (SSSR count). The molecular weight excluding hydrogens is 253 g/mol. The van der Waals surface area contributed by atoms with Crippen LogP contribution in [0.2, 0.25) is 5.02 Å². The van der Waals surface area contributed by atoms with Gasteiger partial charge in [-0.25, -0.2) is 4.39 Å². The molecule has 1 atom stereocenters. The van der Waals surface area contributed by atoms with E-state index < -0.39 is 0 Å². The summed E-state index contributed by atoms with van der Waals surface area (Å²) in [5.74, 6) is 5.12. The number of hydrogen-bond donors (Lipinski definition) is 2. The fourth-order valence-electron chi connectivity index (χ4n) is 1.80. The van der Waals surface area contributed by atoms with Gasteiger partial charge in [0.15, 0.2) is 0 Å². The van der Waals surface area contributed by atoms with Crippen molar-refractivity contribution in [2.75, 3.05) is 0 Å². The van der Waals surface area contributed by atoms with Crippen LogP contribution in [-0.4, -0.2) is 4.98 Å². The summed E-state index contributed by atoms with van der Waals surface area (Å²) in [6.45, 7) is 0. The first kappa shape index (κ1) is 13.0. The zero-order valence-corrected chi connectivity index (χ0v) is 10.4. The van der Waals surface area contributed by atoms with Crippen molar-refractivity contribution in [2.24, 2.45) is 5.84 Å². The second-order valence-corrected chi connectivity index (χ2v) is 4.39. The molecule has 18 heavy (non-hydrogen) atoms. The number of hydrogen-bond acceptors (Lipinski definition) is 3. The zero-order chi connectivity index (χ0) is 13.0. The first-order valence-electron chi connectivity index (χ1n) is 5.50. The van der Waals surface area contributed by atoms with Crippen LogP contribution in [0.25, 0.3) is 0 Å². The second kappa shape index (κ2) is 5.91. The van der Waals surface area contributed by atoms with Gasteiger partial charge in [0.05, 0.1) is 6.04 Å². The third kappa shape index (κ3) is 3.04. The number of halogens is 2. The molecule has 0 bridgehead atoms. The van der Waals surface area contributed by atoms with E-state index in [-0.39, 0.29) is 11.9 Å². The van der Waals surface area contributed by atoms with Crippen LogP contribution in [0.1, 0.15) is 17.2 Å². The average Bonchev–Trinajstić information content (AvgIpc) is 2.38. The molecule has 0 fully saturated rings. The highest BCUT2D eigenvalue weighted by atomic mass is 35.5. The lowest BCUT2D eigenvalue weighted by Crippen LogP contribution is -2.30. The van der Waals surface area contributed by atoms with E-state index in [4.69, 9.17) is 17.4 Å². The summed E-state index contributed by atoms with van der Waals surface area (Å²) in [5.41, 5.74) is 4.09. The molecule has 0 aliphatic carbocycles. The van der Waals surface area contributed by atoms with Crippen molar-refractivity contribution >= 4 is 11.6 Å². The average molecular weight is 266 g/mol. The van der Waals surface area contributed by atoms with Gasteiger partial charge in [0.1, 0.15) is 5.82 Å². The van der Waals surface area contributed by atoms with Crippen LogP contribution < -0.4 is 11.3 Å². The number of nitrogens with zero attached hydrogens (tertiary/aromatic N) is 1. The molecule has 0 spiro atoms. The van der Waals surface area contributed by atoms with E-state index in [0.29, 0.717) is 17.0 Å². The van der Waals surface area contributed by atoms with Crippen molar-refractivity contribution in [2.45, 2.75) is 12.5 Å². The number of aromatic nitrogens is 1. The van der Waals surface area contributed by atoms with Crippen molar-refractivity contribution in [3.63, 3.8) is 0 Å². The Kier molecular flexibility index (Phi) is 4.25. The fraction of sp³-hybridized carbons (Fsp3) is 0.154. The monoisotopic (exact) mass is 265 g/mol. The fourth-order valence-corrected chi connectivity index (χ4v) is 1.96. The Morgan fingerprint density at radius 1 is 1.39 bits per heavy atom. The molecule has 1 unspecified atom stereocenters. The van der Waals surface area contributed by atoms with E-state index >= 15 is 0 Å². The van der Waals surface area contributed by atoms with Crippen LogP contribution in [-0.2, 0) is 6.42 Å². The highest BCUT2D eigenvalue weighted by molar-refractivity contribution is 6.30. The molecule has 94 valence electrons. The highest BCUT2D eigenvalue weighted by Gasteiger charge is 2.15. The van der Waals surface area contributed by atoms with Gasteiger partial charge >= 0.3 is 0 Å². The Labute approximate surface area is 110 Å². The van der Waals surface area contributed by atoms with Crippen molar-refractivity contribution in [1.82, 2.24) is 10.4 Å². The summed E-state index contributed by atoms with van der Waals surface area (Å²) in [6.07, 6.45) is 3.98. The van der Waals surface area contributed by atoms with Crippen molar-refractivity contribution in [3.05, 3.63) is 64.7 Å². The molecule has 0 radical (unpaired) electrons. The molecule has 2 aromatic rings. The second-order valence-electron chi connectivity index (χ2n) is 3.95. The number of nitrogens with one attached hydrogen (secondary N) is 1. The predicted molar refractivity (Wildman–Crippen MR) is 69.4 cm³/mol. The summed E-state index contributed by atoms with van der Waals surface area (Å²) >= 11 is 5.72. The summed E-state index contributed by atoms with van der Waals surface area (Å²) in [6, 6.07) is 8.01. The van der Waals surface area contributed by atoms with Crippen LogP contribution >= 0.6 is 11.6 Å². The maximum absolute atomic E-state index is 13.8. The molecule has 1 heterocycles. The van der Waals surface area contributed by atoms with E-state index in [1.54, 1.807) is 24.5 Å². The zero-order valence-electron chi connectivity index (χ0n) is 9.61. The maximum Gasteiger partial charge on any atom is 0.129 e. The molecule has 3 N–H and O–H groups in total. The number of pyridine rings is 1. The number of nitrogens with two attached hydrogens (primary N) is 1. The van der Waals surface area contributed by atoms with E-state index in [1.165, 1.54) is 6.07 Å². The number of hydrazine groups is 1. The van der Waals surface area contributed by atoms with E-state index in [9.17, 15) is 4.39 Å².